The van der Waals surface area contributed by atoms with Crippen LogP contribution in [0.1, 0.15) is 17.0 Å². The van der Waals surface area contributed by atoms with Crippen molar-refractivity contribution in [3.63, 3.8) is 0 Å². The van der Waals surface area contributed by atoms with Crippen LogP contribution in [0.25, 0.3) is 0 Å². The fourth-order valence-corrected chi connectivity index (χ4v) is 1.46. The second kappa shape index (κ2) is 7.13. The Hall–Kier alpha value is -1.27. The number of aryl methyl sites for hydroxylation is 2. The third kappa shape index (κ3) is 5.06. The van der Waals surface area contributed by atoms with Crippen LogP contribution in [0, 0.1) is 13.8 Å². The lowest BCUT2D eigenvalue weighted by Crippen LogP contribution is -2.37. The Morgan fingerprint density at radius 2 is 2.06 bits per heavy atom. The summed E-state index contributed by atoms with van der Waals surface area (Å²) in [7, 11) is 1.80. The first kappa shape index (κ1) is 13.8. The van der Waals surface area contributed by atoms with Crippen LogP contribution in [0.2, 0.25) is 0 Å². The molecule has 0 aliphatic carbocycles. The number of hydrogen-bond acceptors (Lipinski definition) is 4. The van der Waals surface area contributed by atoms with Gasteiger partial charge in [0, 0.05) is 26.7 Å². The number of rotatable bonds is 5. The Morgan fingerprint density at radius 1 is 1.29 bits per heavy atom. The fraction of sp³-hybridized carbons (Fsp3) is 0.545. The maximum Gasteiger partial charge on any atom is 0.166 e. The van der Waals surface area contributed by atoms with E-state index in [1.165, 1.54) is 5.56 Å². The molecule has 94 valence electrons. The average molecular weight is 253 g/mol. The molecule has 3 N–H and O–H groups in total. The minimum absolute atomic E-state index is 0.671. The molecule has 1 aromatic rings. The minimum Gasteiger partial charge on any atom is -0.366 e. The Kier molecular flexibility index (Phi) is 5.79. The molecule has 0 saturated carbocycles. The molecule has 0 aromatic carbocycles. The number of thiocarbonyl (C=S) groups is 1. The molecule has 1 rings (SSSR count). The summed E-state index contributed by atoms with van der Waals surface area (Å²) < 4.78 is 0. The first-order chi connectivity index (χ1) is 8.13. The zero-order valence-electron chi connectivity index (χ0n) is 10.5. The largest absolute Gasteiger partial charge is 0.366 e. The molecule has 0 unspecified atom stereocenters. The molecule has 0 bridgehead atoms. The zero-order valence-corrected chi connectivity index (χ0v) is 11.3. The van der Waals surface area contributed by atoms with Crippen molar-refractivity contribution in [2.24, 2.45) is 0 Å². The third-order valence-electron chi connectivity index (χ3n) is 2.34. The van der Waals surface area contributed by atoms with Gasteiger partial charge in [-0.15, -0.1) is 0 Å². The molecule has 0 radical (unpaired) electrons. The highest BCUT2D eigenvalue weighted by molar-refractivity contribution is 7.80. The van der Waals surface area contributed by atoms with E-state index >= 15 is 0 Å². The van der Waals surface area contributed by atoms with Crippen molar-refractivity contribution in [3.05, 3.63) is 23.0 Å². The molecule has 6 heteroatoms. The standard InChI is InChI=1S/C11H19N5S/c1-8-6-10(9(2)16-15-8)7-13-4-5-14-11(17)12-3/h6,13H,4-5,7H2,1-3H3,(H2,12,14,17). The van der Waals surface area contributed by atoms with Crippen molar-refractivity contribution in [1.29, 1.82) is 0 Å². The quantitative estimate of drug-likeness (QED) is 0.517. The van der Waals surface area contributed by atoms with E-state index in [0.717, 1.165) is 31.0 Å². The van der Waals surface area contributed by atoms with Gasteiger partial charge in [-0.25, -0.2) is 0 Å². The minimum atomic E-state index is 0.671. The number of nitrogens with one attached hydrogen (secondary N) is 3. The van der Waals surface area contributed by atoms with E-state index in [-0.39, 0.29) is 0 Å². The fourth-order valence-electron chi connectivity index (χ4n) is 1.36. The van der Waals surface area contributed by atoms with E-state index in [4.69, 9.17) is 12.2 Å². The van der Waals surface area contributed by atoms with Crippen LogP contribution < -0.4 is 16.0 Å². The summed E-state index contributed by atoms with van der Waals surface area (Å²) in [6, 6.07) is 2.06. The van der Waals surface area contributed by atoms with E-state index < -0.39 is 0 Å². The van der Waals surface area contributed by atoms with Gasteiger partial charge in [-0.3, -0.25) is 0 Å². The van der Waals surface area contributed by atoms with Gasteiger partial charge >= 0.3 is 0 Å². The van der Waals surface area contributed by atoms with Crippen molar-refractivity contribution in [2.45, 2.75) is 20.4 Å². The molecular formula is C11H19N5S. The maximum absolute atomic E-state index is 4.97. The second-order valence-corrected chi connectivity index (χ2v) is 4.19. The summed E-state index contributed by atoms with van der Waals surface area (Å²) in [6.07, 6.45) is 0. The van der Waals surface area contributed by atoms with E-state index in [2.05, 4.69) is 32.2 Å². The first-order valence-corrected chi connectivity index (χ1v) is 6.00. The van der Waals surface area contributed by atoms with E-state index in [1.807, 2.05) is 13.8 Å². The highest BCUT2D eigenvalue weighted by Crippen LogP contribution is 2.04. The van der Waals surface area contributed by atoms with Gasteiger partial charge in [-0.05, 0) is 37.7 Å². The van der Waals surface area contributed by atoms with Gasteiger partial charge in [-0.1, -0.05) is 0 Å². The van der Waals surface area contributed by atoms with Crippen LogP contribution in [0.5, 0.6) is 0 Å². The van der Waals surface area contributed by atoms with Gasteiger partial charge in [-0.2, -0.15) is 10.2 Å². The summed E-state index contributed by atoms with van der Waals surface area (Å²) in [4.78, 5) is 0. The molecule has 1 aromatic heterocycles. The maximum atomic E-state index is 4.97. The van der Waals surface area contributed by atoms with Crippen LogP contribution in [0.4, 0.5) is 0 Å². The summed E-state index contributed by atoms with van der Waals surface area (Å²) in [5.41, 5.74) is 3.11. The SMILES string of the molecule is CNC(=S)NCCNCc1cc(C)nnc1C. The first-order valence-electron chi connectivity index (χ1n) is 5.59. The number of nitrogens with zero attached hydrogens (tertiary/aromatic N) is 2. The van der Waals surface area contributed by atoms with Crippen molar-refractivity contribution >= 4 is 17.3 Å². The zero-order chi connectivity index (χ0) is 12.7. The summed E-state index contributed by atoms with van der Waals surface area (Å²) in [5, 5.41) is 18.0. The van der Waals surface area contributed by atoms with Gasteiger partial charge in [0.2, 0.25) is 0 Å². The molecule has 17 heavy (non-hydrogen) atoms. The Bertz CT molecular complexity index is 380. The highest BCUT2D eigenvalue weighted by Gasteiger charge is 2.00. The molecule has 1 heterocycles. The Labute approximate surface area is 107 Å². The normalized spacial score (nSPS) is 10.1. The second-order valence-electron chi connectivity index (χ2n) is 3.78. The van der Waals surface area contributed by atoms with Crippen LogP contribution in [-0.4, -0.2) is 35.4 Å². The Morgan fingerprint density at radius 3 is 2.76 bits per heavy atom. The van der Waals surface area contributed by atoms with Crippen LogP contribution in [-0.2, 0) is 6.54 Å². The summed E-state index contributed by atoms with van der Waals surface area (Å²) in [6.45, 7) is 6.37. The third-order valence-corrected chi connectivity index (χ3v) is 2.68. The molecule has 0 fully saturated rings. The lowest BCUT2D eigenvalue weighted by molar-refractivity contribution is 0.663. The predicted molar refractivity (Wildman–Crippen MR) is 72.9 cm³/mol. The molecule has 5 nitrogen and oxygen atoms in total. The lowest BCUT2D eigenvalue weighted by atomic mass is 10.2. The number of aromatic nitrogens is 2. The van der Waals surface area contributed by atoms with E-state index in [1.54, 1.807) is 7.05 Å². The predicted octanol–water partition coefficient (Wildman–Crippen LogP) is 0.277. The van der Waals surface area contributed by atoms with Gasteiger partial charge in [0.15, 0.2) is 5.11 Å². The molecule has 0 atom stereocenters. The molecule has 0 aliphatic heterocycles. The molecule has 0 aliphatic rings. The van der Waals surface area contributed by atoms with Crippen molar-refractivity contribution in [3.8, 4) is 0 Å². The van der Waals surface area contributed by atoms with Crippen molar-refractivity contribution in [1.82, 2.24) is 26.1 Å². The summed E-state index contributed by atoms with van der Waals surface area (Å²) >= 11 is 4.97. The Balaban J connectivity index is 2.26. The van der Waals surface area contributed by atoms with Crippen LogP contribution in [0.15, 0.2) is 6.07 Å². The monoisotopic (exact) mass is 253 g/mol. The van der Waals surface area contributed by atoms with E-state index in [9.17, 15) is 0 Å². The van der Waals surface area contributed by atoms with Gasteiger partial charge in [0.1, 0.15) is 0 Å². The van der Waals surface area contributed by atoms with Crippen LogP contribution >= 0.6 is 12.2 Å². The summed E-state index contributed by atoms with van der Waals surface area (Å²) in [5.74, 6) is 0. The van der Waals surface area contributed by atoms with Gasteiger partial charge in [0.05, 0.1) is 11.4 Å². The molecule has 0 spiro atoms. The highest BCUT2D eigenvalue weighted by atomic mass is 32.1. The van der Waals surface area contributed by atoms with Crippen LogP contribution in [0.3, 0.4) is 0 Å². The van der Waals surface area contributed by atoms with E-state index in [0.29, 0.717) is 5.11 Å². The molecular weight excluding hydrogens is 234 g/mol. The smallest absolute Gasteiger partial charge is 0.166 e. The topological polar surface area (TPSA) is 61.9 Å². The van der Waals surface area contributed by atoms with Gasteiger partial charge in [0.25, 0.3) is 0 Å². The lowest BCUT2D eigenvalue weighted by Gasteiger charge is -2.09. The number of hydrogen-bond donors (Lipinski definition) is 3. The molecule has 0 amide bonds. The average Bonchev–Trinajstić information content (AvgIpc) is 2.32. The molecule has 0 saturated heterocycles. The van der Waals surface area contributed by atoms with Crippen molar-refractivity contribution in [2.75, 3.05) is 20.1 Å². The van der Waals surface area contributed by atoms with Crippen molar-refractivity contribution < 1.29 is 0 Å². The van der Waals surface area contributed by atoms with Gasteiger partial charge < -0.3 is 16.0 Å².